The minimum atomic E-state index is -1.46. The number of carboxylic acids is 1. The van der Waals surface area contributed by atoms with Crippen LogP contribution < -0.4 is 16.0 Å². The summed E-state index contributed by atoms with van der Waals surface area (Å²) in [6.07, 6.45) is 7.88. The minimum absolute atomic E-state index is 0.00894. The summed E-state index contributed by atoms with van der Waals surface area (Å²) in [5, 5.41) is 28.8. The second kappa shape index (κ2) is 15.5. The Morgan fingerprint density at radius 2 is 1.81 bits per heavy atom. The number of ketones is 1. The lowest BCUT2D eigenvalue weighted by Crippen LogP contribution is -2.76. The van der Waals surface area contributed by atoms with Crippen LogP contribution in [0.15, 0.2) is 48.1 Å². The zero-order valence-electron chi connectivity index (χ0n) is 33.1. The number of nitrogens with one attached hydrogen (secondary N) is 3. The summed E-state index contributed by atoms with van der Waals surface area (Å²) in [5.74, 6) is -2.68. The van der Waals surface area contributed by atoms with Crippen molar-refractivity contribution in [3.63, 3.8) is 0 Å². The van der Waals surface area contributed by atoms with E-state index < -0.39 is 81.3 Å². The van der Waals surface area contributed by atoms with Gasteiger partial charge in [-0.25, -0.2) is 4.39 Å². The lowest BCUT2D eigenvalue weighted by atomic mass is 9.38. The zero-order valence-corrected chi connectivity index (χ0v) is 35.5. The number of fused-ring (bicyclic) bond motifs is 7. The number of alkyl halides is 2. The Morgan fingerprint density at radius 3 is 2.49 bits per heavy atom. The molecule has 0 spiro atoms. The van der Waals surface area contributed by atoms with E-state index >= 15 is 0 Å². The number of halogens is 2. The van der Waals surface area contributed by atoms with Gasteiger partial charge in [-0.1, -0.05) is 77.5 Å². The molecule has 6 saturated carbocycles. The predicted octanol–water partition coefficient (Wildman–Crippen LogP) is 4.36. The molecule has 318 valence electrons. The first-order valence-electron chi connectivity index (χ1n) is 20.4. The lowest BCUT2D eigenvalue weighted by Gasteiger charge is -2.71. The summed E-state index contributed by atoms with van der Waals surface area (Å²) in [6, 6.07) is 5.92. The van der Waals surface area contributed by atoms with Gasteiger partial charge in [0.2, 0.25) is 22.8 Å². The molecule has 0 aromatic heterocycles. The fourth-order valence-corrected chi connectivity index (χ4v) is 13.5. The zero-order chi connectivity index (χ0) is 42.1. The fourth-order valence-electron chi connectivity index (χ4n) is 12.6. The molecule has 1 saturated heterocycles. The van der Waals surface area contributed by atoms with E-state index in [4.69, 9.17) is 9.47 Å². The number of thioether (sulfide) groups is 1. The van der Waals surface area contributed by atoms with Crippen molar-refractivity contribution in [2.75, 3.05) is 17.9 Å². The van der Waals surface area contributed by atoms with Gasteiger partial charge in [0.05, 0.1) is 24.1 Å². The summed E-state index contributed by atoms with van der Waals surface area (Å²) >= 11 is 3.60. The van der Waals surface area contributed by atoms with Crippen LogP contribution in [0.3, 0.4) is 0 Å². The van der Waals surface area contributed by atoms with Crippen molar-refractivity contribution in [2.45, 2.75) is 114 Å². The number of aliphatic hydroxyl groups is 1. The molecule has 1 aromatic rings. The van der Waals surface area contributed by atoms with Crippen LogP contribution >= 0.6 is 27.7 Å². The van der Waals surface area contributed by atoms with Crippen molar-refractivity contribution in [2.24, 2.45) is 34.0 Å². The predicted molar refractivity (Wildman–Crippen MR) is 216 cm³/mol. The van der Waals surface area contributed by atoms with Gasteiger partial charge in [0.1, 0.15) is 12.0 Å². The number of benzene rings is 1. The van der Waals surface area contributed by atoms with E-state index in [9.17, 15) is 43.4 Å². The fraction of sp³-hybridized carbons (Fsp3) is 0.628. The molecule has 0 unspecified atom stereocenters. The van der Waals surface area contributed by atoms with E-state index in [1.165, 1.54) is 0 Å². The van der Waals surface area contributed by atoms with Crippen LogP contribution in [0.2, 0.25) is 0 Å². The number of ether oxygens (including phenoxy) is 2. The SMILES string of the molecule is C[C@]12C=CC(=O)C=C1CC[C@@H]1[C@@H]2[C@@H](O)C[C@@]2(C)[C@H]1C[C@H]1O[C@@H](c3ccc(CC45CC(NC(=O)[C@H](CCC(=O)O)NC(=O)CNC(=O)CBr)(C4)C5)cc3)O[C@]12C(=O)SCF. The first kappa shape index (κ1) is 42.3. The highest BCUT2D eigenvalue weighted by Gasteiger charge is 2.76. The molecule has 0 radical (unpaired) electrons. The molecule has 59 heavy (non-hydrogen) atoms. The quantitative estimate of drug-likeness (QED) is 0.167. The van der Waals surface area contributed by atoms with Gasteiger partial charge in [-0.15, -0.1) is 0 Å². The van der Waals surface area contributed by atoms with Gasteiger partial charge in [-0.2, -0.15) is 0 Å². The van der Waals surface area contributed by atoms with E-state index in [0.29, 0.717) is 18.2 Å². The van der Waals surface area contributed by atoms with Crippen LogP contribution in [0.5, 0.6) is 0 Å². The monoisotopic (exact) mass is 899 g/mol. The molecular formula is C43H51BrFN3O10S. The van der Waals surface area contributed by atoms with Gasteiger partial charge in [-0.3, -0.25) is 28.8 Å². The highest BCUT2D eigenvalue weighted by Crippen LogP contribution is 2.71. The summed E-state index contributed by atoms with van der Waals surface area (Å²) in [5.41, 5.74) is -0.328. The number of carboxylic acid groups (broad SMARTS) is 1. The van der Waals surface area contributed by atoms with E-state index in [1.807, 2.05) is 37.3 Å². The number of carbonyl (C=O) groups excluding carboxylic acids is 5. The number of carbonyl (C=O) groups is 6. The molecule has 7 fully saturated rings. The third-order valence-corrected chi connectivity index (χ3v) is 16.1. The number of aliphatic carboxylic acids is 1. The normalized spacial score (nSPS) is 38.9. The first-order valence-corrected chi connectivity index (χ1v) is 22.5. The van der Waals surface area contributed by atoms with Crippen molar-refractivity contribution in [1.82, 2.24) is 16.0 Å². The molecule has 16 heteroatoms. The Bertz CT molecular complexity index is 1990. The maximum absolute atomic E-state index is 14.1. The van der Waals surface area contributed by atoms with E-state index in [1.54, 1.807) is 12.2 Å². The largest absolute Gasteiger partial charge is 0.481 e. The average molecular weight is 901 g/mol. The molecule has 7 aliphatic carbocycles. The highest BCUT2D eigenvalue weighted by atomic mass is 79.9. The van der Waals surface area contributed by atoms with Crippen molar-refractivity contribution in [1.29, 1.82) is 0 Å². The Hall–Kier alpha value is -3.44. The van der Waals surface area contributed by atoms with Gasteiger partial charge in [0, 0.05) is 34.3 Å². The molecular weight excluding hydrogens is 849 g/mol. The molecule has 1 aromatic carbocycles. The van der Waals surface area contributed by atoms with Crippen molar-refractivity contribution in [3.8, 4) is 0 Å². The first-order chi connectivity index (χ1) is 28.0. The second-order valence-corrected chi connectivity index (χ2v) is 19.9. The van der Waals surface area contributed by atoms with E-state index in [-0.39, 0.29) is 60.1 Å². The molecule has 2 bridgehead atoms. The summed E-state index contributed by atoms with van der Waals surface area (Å²) in [7, 11) is 0. The number of hydrogen-bond donors (Lipinski definition) is 5. The second-order valence-electron chi connectivity index (χ2n) is 18.5. The van der Waals surface area contributed by atoms with Crippen molar-refractivity contribution < 1.29 is 52.8 Å². The minimum Gasteiger partial charge on any atom is -0.481 e. The van der Waals surface area contributed by atoms with Gasteiger partial charge in [0.25, 0.3) is 0 Å². The summed E-state index contributed by atoms with van der Waals surface area (Å²) in [6.45, 7) is 3.77. The summed E-state index contributed by atoms with van der Waals surface area (Å²) < 4.78 is 27.4. The molecule has 1 aliphatic heterocycles. The van der Waals surface area contributed by atoms with Crippen molar-refractivity contribution >= 4 is 62.3 Å². The molecule has 9 rings (SSSR count). The maximum atomic E-state index is 14.1. The van der Waals surface area contributed by atoms with Crippen LogP contribution in [0, 0.1) is 34.0 Å². The Labute approximate surface area is 354 Å². The van der Waals surface area contributed by atoms with Gasteiger partial charge >= 0.3 is 5.97 Å². The standard InChI is InChI=1S/C43H51BrFN3O10S/c1-39-12-11-26(49)13-25(39)7-8-27-28-14-31-43(38(56)59-22-45,40(28,2)16-30(50)35(27)39)58-37(57-31)24-5-3-23(4-6-24)15-41-19-42(20-41,21-41)48-36(55)29(9-10-34(53)54)47-33(52)18-46-32(51)17-44/h3-6,11-13,27-31,35,37,50H,7-10,14-22H2,1-2H3,(H,46,51)(H,47,52)(H,48,55)(H,53,54)/t27-,28-,29-,30-,31+,35+,37+,39-,40-,41?,42?,43-/m0/s1. The number of aliphatic hydroxyl groups excluding tert-OH is 1. The molecule has 10 atom stereocenters. The van der Waals surface area contributed by atoms with E-state index in [2.05, 4.69) is 38.8 Å². The smallest absolute Gasteiger partial charge is 0.303 e. The van der Waals surface area contributed by atoms with Crippen LogP contribution in [0.25, 0.3) is 0 Å². The molecule has 13 nitrogen and oxygen atoms in total. The molecule has 5 N–H and O–H groups in total. The van der Waals surface area contributed by atoms with Gasteiger partial charge < -0.3 is 35.6 Å². The number of rotatable bonds is 14. The van der Waals surface area contributed by atoms with Crippen LogP contribution in [0.4, 0.5) is 4.39 Å². The Balaban J connectivity index is 0.910. The molecule has 8 aliphatic rings. The molecule has 1 heterocycles. The lowest BCUT2D eigenvalue weighted by molar-refractivity contribution is -0.194. The van der Waals surface area contributed by atoms with Crippen LogP contribution in [0.1, 0.15) is 89.1 Å². The third-order valence-electron chi connectivity index (χ3n) is 15.0. The van der Waals surface area contributed by atoms with Gasteiger partial charge in [-0.05, 0) is 92.8 Å². The van der Waals surface area contributed by atoms with Gasteiger partial charge in [0.15, 0.2) is 17.7 Å². The van der Waals surface area contributed by atoms with E-state index in [0.717, 1.165) is 55.2 Å². The highest BCUT2D eigenvalue weighted by molar-refractivity contribution is 9.09. The topological polar surface area (TPSA) is 197 Å². The number of hydrogen-bond acceptors (Lipinski definition) is 10. The third kappa shape index (κ3) is 7.11. The average Bonchev–Trinajstić information content (AvgIpc) is 3.67. The van der Waals surface area contributed by atoms with Crippen LogP contribution in [-0.4, -0.2) is 92.1 Å². The van der Waals surface area contributed by atoms with Crippen molar-refractivity contribution in [3.05, 3.63) is 59.2 Å². The number of amides is 3. The van der Waals surface area contributed by atoms with Crippen LogP contribution in [-0.2, 0) is 44.7 Å². The summed E-state index contributed by atoms with van der Waals surface area (Å²) in [4.78, 5) is 74.8. The Morgan fingerprint density at radius 1 is 1.08 bits per heavy atom. The number of allylic oxidation sites excluding steroid dienone is 4. The Kier molecular flexibility index (Phi) is 11.1. The molecule has 3 amide bonds. The maximum Gasteiger partial charge on any atom is 0.303 e.